The van der Waals surface area contributed by atoms with Crippen molar-refractivity contribution in [1.82, 2.24) is 10.2 Å². The van der Waals surface area contributed by atoms with Crippen molar-refractivity contribution >= 4 is 0 Å². The fourth-order valence-corrected chi connectivity index (χ4v) is 1.75. The normalized spacial score (nSPS) is 24.3. The van der Waals surface area contributed by atoms with Gasteiger partial charge in [-0.2, -0.15) is 0 Å². The Morgan fingerprint density at radius 1 is 1.67 bits per heavy atom. The fourth-order valence-electron chi connectivity index (χ4n) is 1.75. The number of likely N-dealkylation sites (tertiary alicyclic amines) is 1. The average molecular weight is 168 g/mol. The van der Waals surface area contributed by atoms with Crippen LogP contribution in [0.15, 0.2) is 12.3 Å². The predicted octanol–water partition coefficient (Wildman–Crippen LogP) is 1.59. The van der Waals surface area contributed by atoms with Crippen molar-refractivity contribution in [2.75, 3.05) is 20.1 Å². The lowest BCUT2D eigenvalue weighted by molar-refractivity contribution is 0.334. The van der Waals surface area contributed by atoms with E-state index >= 15 is 0 Å². The molecular weight excluding hydrogens is 148 g/mol. The van der Waals surface area contributed by atoms with Gasteiger partial charge in [-0.25, -0.2) is 0 Å². The van der Waals surface area contributed by atoms with Gasteiger partial charge in [0.1, 0.15) is 0 Å². The molecule has 0 spiro atoms. The maximum absolute atomic E-state index is 4.07. The number of rotatable bonds is 4. The lowest BCUT2D eigenvalue weighted by Gasteiger charge is -2.22. The molecule has 1 rings (SSSR count). The lowest BCUT2D eigenvalue weighted by atomic mass is 10.1. The first kappa shape index (κ1) is 9.59. The molecule has 0 saturated carbocycles. The molecule has 1 N–H and O–H groups in total. The summed E-state index contributed by atoms with van der Waals surface area (Å²) < 4.78 is 0. The van der Waals surface area contributed by atoms with Crippen molar-refractivity contribution in [3.63, 3.8) is 0 Å². The molecule has 0 aliphatic carbocycles. The Hall–Kier alpha value is -0.500. The van der Waals surface area contributed by atoms with Gasteiger partial charge < -0.3 is 5.32 Å². The Kier molecular flexibility index (Phi) is 3.60. The molecule has 0 aromatic heterocycles. The van der Waals surface area contributed by atoms with Crippen molar-refractivity contribution in [3.8, 4) is 0 Å². The summed E-state index contributed by atoms with van der Waals surface area (Å²) in [5.74, 6) is 0. The van der Waals surface area contributed by atoms with Crippen LogP contribution in [0.3, 0.4) is 0 Å². The number of likely N-dealkylation sites (N-methyl/N-ethyl adjacent to an activating group) is 1. The Morgan fingerprint density at radius 3 is 2.92 bits per heavy atom. The molecule has 12 heavy (non-hydrogen) atoms. The Balaban J connectivity index is 2.30. The minimum Gasteiger partial charge on any atom is -0.388 e. The van der Waals surface area contributed by atoms with E-state index in [9.17, 15) is 0 Å². The highest BCUT2D eigenvalue weighted by atomic mass is 15.2. The van der Waals surface area contributed by atoms with Gasteiger partial charge in [0.05, 0.1) is 0 Å². The van der Waals surface area contributed by atoms with Crippen LogP contribution in [0, 0.1) is 0 Å². The topological polar surface area (TPSA) is 15.3 Å². The molecule has 0 aromatic rings. The molecule has 1 aliphatic rings. The largest absolute Gasteiger partial charge is 0.388 e. The van der Waals surface area contributed by atoms with Crippen LogP contribution >= 0.6 is 0 Å². The first-order chi connectivity index (χ1) is 5.75. The molecule has 0 amide bonds. The van der Waals surface area contributed by atoms with Crippen LogP contribution in [-0.4, -0.2) is 31.1 Å². The number of nitrogens with one attached hydrogen (secondary N) is 1. The molecule has 2 heteroatoms. The van der Waals surface area contributed by atoms with Crippen molar-refractivity contribution in [3.05, 3.63) is 12.3 Å². The predicted molar refractivity (Wildman–Crippen MR) is 53.1 cm³/mol. The summed E-state index contributed by atoms with van der Waals surface area (Å²) in [6.45, 7) is 8.53. The zero-order valence-electron chi connectivity index (χ0n) is 8.27. The van der Waals surface area contributed by atoms with Gasteiger partial charge in [-0.1, -0.05) is 13.5 Å². The van der Waals surface area contributed by atoms with E-state index < -0.39 is 0 Å². The fraction of sp³-hybridized carbons (Fsp3) is 0.800. The first-order valence-electron chi connectivity index (χ1n) is 4.88. The number of hydrogen-bond donors (Lipinski definition) is 1. The standard InChI is InChI=1S/C10H20N2/c1-4-7-11-9(2)10-6-5-8-12(10)3/h10-11H,2,4-8H2,1,3H3. The smallest absolute Gasteiger partial charge is 0.0486 e. The second-order valence-electron chi connectivity index (χ2n) is 3.59. The van der Waals surface area contributed by atoms with E-state index in [1.807, 2.05) is 0 Å². The van der Waals surface area contributed by atoms with Gasteiger partial charge in [-0.3, -0.25) is 4.90 Å². The van der Waals surface area contributed by atoms with E-state index in [4.69, 9.17) is 0 Å². The molecule has 1 atom stereocenters. The summed E-state index contributed by atoms with van der Waals surface area (Å²) in [5.41, 5.74) is 1.21. The lowest BCUT2D eigenvalue weighted by Crippen LogP contribution is -2.33. The second kappa shape index (κ2) is 4.51. The van der Waals surface area contributed by atoms with E-state index in [1.165, 1.54) is 31.5 Å². The van der Waals surface area contributed by atoms with E-state index in [1.54, 1.807) is 0 Å². The summed E-state index contributed by atoms with van der Waals surface area (Å²) in [4.78, 5) is 2.38. The molecule has 0 bridgehead atoms. The molecule has 1 heterocycles. The molecule has 0 aromatic carbocycles. The monoisotopic (exact) mass is 168 g/mol. The zero-order valence-corrected chi connectivity index (χ0v) is 8.27. The van der Waals surface area contributed by atoms with Crippen LogP contribution in [0.2, 0.25) is 0 Å². The van der Waals surface area contributed by atoms with E-state index in [-0.39, 0.29) is 0 Å². The van der Waals surface area contributed by atoms with Crippen LogP contribution in [-0.2, 0) is 0 Å². The van der Waals surface area contributed by atoms with Crippen LogP contribution in [0.5, 0.6) is 0 Å². The SMILES string of the molecule is C=C(NCCC)C1CCCN1C. The molecule has 1 aliphatic heterocycles. The van der Waals surface area contributed by atoms with Crippen molar-refractivity contribution in [1.29, 1.82) is 0 Å². The van der Waals surface area contributed by atoms with Gasteiger partial charge in [0.15, 0.2) is 0 Å². The Bertz CT molecular complexity index is 154. The number of nitrogens with zero attached hydrogens (tertiary/aromatic N) is 1. The Morgan fingerprint density at radius 2 is 2.42 bits per heavy atom. The van der Waals surface area contributed by atoms with Crippen molar-refractivity contribution in [2.45, 2.75) is 32.2 Å². The van der Waals surface area contributed by atoms with Crippen LogP contribution in [0.1, 0.15) is 26.2 Å². The molecule has 2 nitrogen and oxygen atoms in total. The minimum atomic E-state index is 0.580. The van der Waals surface area contributed by atoms with E-state index in [0.29, 0.717) is 6.04 Å². The third-order valence-corrected chi connectivity index (χ3v) is 2.52. The summed E-state index contributed by atoms with van der Waals surface area (Å²) in [5, 5.41) is 3.37. The molecular formula is C10H20N2. The van der Waals surface area contributed by atoms with Gasteiger partial charge in [0.2, 0.25) is 0 Å². The number of hydrogen-bond acceptors (Lipinski definition) is 2. The Labute approximate surface area is 75.6 Å². The summed E-state index contributed by atoms with van der Waals surface area (Å²) in [6, 6.07) is 0.580. The van der Waals surface area contributed by atoms with E-state index in [2.05, 4.69) is 30.8 Å². The highest BCUT2D eigenvalue weighted by Gasteiger charge is 2.22. The highest BCUT2D eigenvalue weighted by Crippen LogP contribution is 2.18. The minimum absolute atomic E-state index is 0.580. The van der Waals surface area contributed by atoms with Crippen molar-refractivity contribution in [2.24, 2.45) is 0 Å². The molecule has 1 fully saturated rings. The van der Waals surface area contributed by atoms with Gasteiger partial charge in [-0.05, 0) is 32.9 Å². The van der Waals surface area contributed by atoms with Gasteiger partial charge >= 0.3 is 0 Å². The van der Waals surface area contributed by atoms with Crippen molar-refractivity contribution < 1.29 is 0 Å². The molecule has 0 radical (unpaired) electrons. The van der Waals surface area contributed by atoms with E-state index in [0.717, 1.165) is 6.54 Å². The second-order valence-corrected chi connectivity index (χ2v) is 3.59. The van der Waals surface area contributed by atoms with Gasteiger partial charge in [-0.15, -0.1) is 0 Å². The maximum Gasteiger partial charge on any atom is 0.0486 e. The maximum atomic E-state index is 4.07. The quantitative estimate of drug-likeness (QED) is 0.686. The third-order valence-electron chi connectivity index (χ3n) is 2.52. The summed E-state index contributed by atoms with van der Waals surface area (Å²) in [7, 11) is 2.18. The first-order valence-corrected chi connectivity index (χ1v) is 4.88. The van der Waals surface area contributed by atoms with Gasteiger partial charge in [0.25, 0.3) is 0 Å². The van der Waals surface area contributed by atoms with Crippen LogP contribution in [0.25, 0.3) is 0 Å². The molecule has 1 unspecified atom stereocenters. The molecule has 1 saturated heterocycles. The van der Waals surface area contributed by atoms with Crippen LogP contribution < -0.4 is 5.32 Å². The molecule has 70 valence electrons. The van der Waals surface area contributed by atoms with Gasteiger partial charge in [0, 0.05) is 18.3 Å². The third kappa shape index (κ3) is 2.24. The summed E-state index contributed by atoms with van der Waals surface area (Å²) >= 11 is 0. The average Bonchev–Trinajstić information content (AvgIpc) is 2.47. The summed E-state index contributed by atoms with van der Waals surface area (Å²) in [6.07, 6.45) is 3.76. The highest BCUT2D eigenvalue weighted by molar-refractivity contribution is 5.05. The van der Waals surface area contributed by atoms with Crippen LogP contribution in [0.4, 0.5) is 0 Å². The zero-order chi connectivity index (χ0) is 8.97.